The Morgan fingerprint density at radius 3 is 2.58 bits per heavy atom. The van der Waals surface area contributed by atoms with Crippen LogP contribution in [-0.4, -0.2) is 23.5 Å². The second-order valence-electron chi connectivity index (χ2n) is 5.82. The molecule has 0 aromatic heterocycles. The highest BCUT2D eigenvalue weighted by atomic mass is 19.1. The van der Waals surface area contributed by atoms with Gasteiger partial charge in [-0.1, -0.05) is 25.1 Å². The van der Waals surface area contributed by atoms with Crippen LogP contribution in [0.5, 0.6) is 0 Å². The number of hydrogen-bond acceptors (Lipinski definition) is 2. The van der Waals surface area contributed by atoms with Gasteiger partial charge in [-0.25, -0.2) is 4.39 Å². The molecule has 3 heteroatoms. The molecular formula is C16H21FN2. The molecule has 1 fully saturated rings. The molecule has 1 aromatic carbocycles. The van der Waals surface area contributed by atoms with E-state index in [9.17, 15) is 9.65 Å². The molecule has 0 amide bonds. The van der Waals surface area contributed by atoms with Gasteiger partial charge in [0.1, 0.15) is 11.4 Å². The van der Waals surface area contributed by atoms with Gasteiger partial charge < -0.3 is 0 Å². The SMILES string of the molecule is CC1CCN(C(C)(C#N)Cc2ccccc2F)CC1. The highest BCUT2D eigenvalue weighted by Crippen LogP contribution is 2.27. The number of piperidine rings is 1. The van der Waals surface area contributed by atoms with Gasteiger partial charge in [-0.2, -0.15) is 5.26 Å². The van der Waals surface area contributed by atoms with E-state index in [2.05, 4.69) is 17.9 Å². The predicted molar refractivity (Wildman–Crippen MR) is 74.1 cm³/mol. The number of likely N-dealkylation sites (tertiary alicyclic amines) is 1. The van der Waals surface area contributed by atoms with Crippen molar-refractivity contribution in [3.8, 4) is 6.07 Å². The summed E-state index contributed by atoms with van der Waals surface area (Å²) in [5.41, 5.74) is 0.0210. The van der Waals surface area contributed by atoms with Crippen molar-refractivity contribution in [3.05, 3.63) is 35.6 Å². The molecular weight excluding hydrogens is 239 g/mol. The molecule has 19 heavy (non-hydrogen) atoms. The fourth-order valence-corrected chi connectivity index (χ4v) is 2.74. The van der Waals surface area contributed by atoms with Gasteiger partial charge >= 0.3 is 0 Å². The molecule has 2 nitrogen and oxygen atoms in total. The summed E-state index contributed by atoms with van der Waals surface area (Å²) in [4.78, 5) is 2.21. The standard InChI is InChI=1S/C16H21FN2/c1-13-7-9-19(10-8-13)16(2,12-18)11-14-5-3-4-6-15(14)17/h3-6,13H,7-11H2,1-2H3. The van der Waals surface area contributed by atoms with Gasteiger partial charge in [0.2, 0.25) is 0 Å². The minimum atomic E-state index is -0.609. The third-order valence-electron chi connectivity index (χ3n) is 4.21. The summed E-state index contributed by atoms with van der Waals surface area (Å²) in [6, 6.07) is 9.15. The van der Waals surface area contributed by atoms with Crippen molar-refractivity contribution < 1.29 is 4.39 Å². The van der Waals surface area contributed by atoms with Crippen LogP contribution in [0.25, 0.3) is 0 Å². The number of hydrogen-bond donors (Lipinski definition) is 0. The lowest BCUT2D eigenvalue weighted by Gasteiger charge is -2.40. The molecule has 0 saturated carbocycles. The van der Waals surface area contributed by atoms with Gasteiger partial charge in [-0.05, 0) is 50.4 Å². The summed E-state index contributed by atoms with van der Waals surface area (Å²) in [5.74, 6) is 0.516. The Labute approximate surface area is 114 Å². The van der Waals surface area contributed by atoms with Gasteiger partial charge in [0.05, 0.1) is 6.07 Å². The van der Waals surface area contributed by atoms with Crippen LogP contribution in [0, 0.1) is 23.1 Å². The van der Waals surface area contributed by atoms with Crippen molar-refractivity contribution in [1.82, 2.24) is 4.90 Å². The Balaban J connectivity index is 2.15. The molecule has 0 radical (unpaired) electrons. The van der Waals surface area contributed by atoms with Crippen LogP contribution in [0.4, 0.5) is 4.39 Å². The van der Waals surface area contributed by atoms with Gasteiger partial charge in [0.25, 0.3) is 0 Å². The Kier molecular flexibility index (Phi) is 4.21. The Morgan fingerprint density at radius 1 is 1.37 bits per heavy atom. The highest BCUT2D eigenvalue weighted by Gasteiger charge is 2.34. The second-order valence-corrected chi connectivity index (χ2v) is 5.82. The molecule has 1 aliphatic rings. The van der Waals surface area contributed by atoms with E-state index in [0.717, 1.165) is 31.8 Å². The maximum absolute atomic E-state index is 13.8. The summed E-state index contributed by atoms with van der Waals surface area (Å²) in [6.45, 7) is 6.03. The fourth-order valence-electron chi connectivity index (χ4n) is 2.74. The maximum Gasteiger partial charge on any atom is 0.126 e. The number of halogens is 1. The predicted octanol–water partition coefficient (Wildman–Crippen LogP) is 3.38. The summed E-state index contributed by atoms with van der Waals surface area (Å²) in [5, 5.41) is 9.54. The first-order valence-corrected chi connectivity index (χ1v) is 6.95. The molecule has 102 valence electrons. The van der Waals surface area contributed by atoms with Gasteiger partial charge in [0.15, 0.2) is 0 Å². The summed E-state index contributed by atoms with van der Waals surface area (Å²) >= 11 is 0. The zero-order chi connectivity index (χ0) is 13.9. The molecule has 2 rings (SSSR count). The van der Waals surface area contributed by atoms with Crippen molar-refractivity contribution in [3.63, 3.8) is 0 Å². The average Bonchev–Trinajstić information content (AvgIpc) is 2.42. The number of benzene rings is 1. The van der Waals surface area contributed by atoms with Crippen molar-refractivity contribution in [2.24, 2.45) is 5.92 Å². The summed E-state index contributed by atoms with van der Waals surface area (Å²) in [6.07, 6.45) is 2.69. The first kappa shape index (κ1) is 14.0. The number of nitrogens with zero attached hydrogens (tertiary/aromatic N) is 2. The van der Waals surface area contributed by atoms with Crippen molar-refractivity contribution >= 4 is 0 Å². The smallest absolute Gasteiger partial charge is 0.126 e. The molecule has 0 N–H and O–H groups in total. The second kappa shape index (κ2) is 5.71. The molecule has 1 unspecified atom stereocenters. The third-order valence-corrected chi connectivity index (χ3v) is 4.21. The van der Waals surface area contributed by atoms with Crippen LogP contribution in [0.15, 0.2) is 24.3 Å². The quantitative estimate of drug-likeness (QED) is 0.833. The normalized spacial score (nSPS) is 20.7. The lowest BCUT2D eigenvalue weighted by Crippen LogP contribution is -2.50. The molecule has 1 saturated heterocycles. The van der Waals surface area contributed by atoms with Crippen molar-refractivity contribution in [1.29, 1.82) is 5.26 Å². The van der Waals surface area contributed by atoms with Crippen molar-refractivity contribution in [2.45, 2.75) is 38.6 Å². The maximum atomic E-state index is 13.8. The molecule has 0 aliphatic carbocycles. The summed E-state index contributed by atoms with van der Waals surface area (Å²) < 4.78 is 13.8. The van der Waals surface area contributed by atoms with Crippen LogP contribution in [0.2, 0.25) is 0 Å². The van der Waals surface area contributed by atoms with Crippen LogP contribution < -0.4 is 0 Å². The number of nitriles is 1. The zero-order valence-corrected chi connectivity index (χ0v) is 11.7. The number of rotatable bonds is 3. The van der Waals surface area contributed by atoms with E-state index < -0.39 is 5.54 Å². The zero-order valence-electron chi connectivity index (χ0n) is 11.7. The monoisotopic (exact) mass is 260 g/mol. The van der Waals surface area contributed by atoms with Gasteiger partial charge in [-0.3, -0.25) is 4.90 Å². The van der Waals surface area contributed by atoms with Crippen LogP contribution >= 0.6 is 0 Å². The lowest BCUT2D eigenvalue weighted by molar-refractivity contribution is 0.103. The fraction of sp³-hybridized carbons (Fsp3) is 0.562. The largest absolute Gasteiger partial charge is 0.285 e. The molecule has 1 aromatic rings. The van der Waals surface area contributed by atoms with Crippen LogP contribution in [-0.2, 0) is 6.42 Å². The molecule has 1 atom stereocenters. The topological polar surface area (TPSA) is 27.0 Å². The Hall–Kier alpha value is -1.40. The van der Waals surface area contributed by atoms with E-state index in [0.29, 0.717) is 12.0 Å². The van der Waals surface area contributed by atoms with Crippen molar-refractivity contribution in [2.75, 3.05) is 13.1 Å². The van der Waals surface area contributed by atoms with E-state index in [-0.39, 0.29) is 5.82 Å². The Morgan fingerprint density at radius 2 is 2.00 bits per heavy atom. The van der Waals surface area contributed by atoms with E-state index in [1.165, 1.54) is 6.07 Å². The van der Waals surface area contributed by atoms with E-state index in [4.69, 9.17) is 0 Å². The van der Waals surface area contributed by atoms with E-state index in [1.54, 1.807) is 12.1 Å². The average molecular weight is 260 g/mol. The van der Waals surface area contributed by atoms with Crippen LogP contribution in [0.3, 0.4) is 0 Å². The van der Waals surface area contributed by atoms with Gasteiger partial charge in [-0.15, -0.1) is 0 Å². The molecule has 0 bridgehead atoms. The highest BCUT2D eigenvalue weighted by molar-refractivity contribution is 5.23. The van der Waals surface area contributed by atoms with E-state index in [1.807, 2.05) is 13.0 Å². The third kappa shape index (κ3) is 3.13. The Bertz CT molecular complexity index is 472. The molecule has 1 aliphatic heterocycles. The molecule has 1 heterocycles. The van der Waals surface area contributed by atoms with Gasteiger partial charge in [0, 0.05) is 6.42 Å². The first-order valence-electron chi connectivity index (χ1n) is 6.95. The minimum absolute atomic E-state index is 0.214. The first-order chi connectivity index (χ1) is 9.05. The minimum Gasteiger partial charge on any atom is -0.285 e. The summed E-state index contributed by atoms with van der Waals surface area (Å²) in [7, 11) is 0. The van der Waals surface area contributed by atoms with Crippen LogP contribution in [0.1, 0.15) is 32.3 Å². The lowest BCUT2D eigenvalue weighted by atomic mass is 9.88. The molecule has 0 spiro atoms. The van der Waals surface area contributed by atoms with E-state index >= 15 is 0 Å².